The molecule has 6 heteroatoms. The van der Waals surface area contributed by atoms with E-state index in [1.165, 1.54) is 0 Å². The topological polar surface area (TPSA) is 79.2 Å². The summed E-state index contributed by atoms with van der Waals surface area (Å²) < 4.78 is 5.20. The molecule has 1 aromatic heterocycles. The molecule has 0 radical (unpaired) electrons. The summed E-state index contributed by atoms with van der Waals surface area (Å²) in [5.74, 6) is 0.985. The lowest BCUT2D eigenvalue weighted by Gasteiger charge is -2.00. The van der Waals surface area contributed by atoms with E-state index >= 15 is 0 Å². The van der Waals surface area contributed by atoms with Crippen LogP contribution in [0.15, 0.2) is 10.6 Å². The highest BCUT2D eigenvalue weighted by atomic mass is 16.4. The van der Waals surface area contributed by atoms with Crippen LogP contribution in [0.1, 0.15) is 5.89 Å². The van der Waals surface area contributed by atoms with E-state index < -0.39 is 0 Å². The maximum absolute atomic E-state index is 11.0. The molecular weight excluding hydrogens is 184 g/mol. The SMILES string of the molecule is CNCC(=O)NCc1ncc(NC)o1. The average Bonchev–Trinajstić information content (AvgIpc) is 2.63. The number of aromatic nitrogens is 1. The maximum Gasteiger partial charge on any atom is 0.234 e. The minimum atomic E-state index is -0.0864. The third kappa shape index (κ3) is 3.06. The zero-order chi connectivity index (χ0) is 10.4. The molecule has 0 saturated carbocycles. The van der Waals surface area contributed by atoms with E-state index in [1.54, 1.807) is 20.3 Å². The van der Waals surface area contributed by atoms with E-state index in [0.29, 0.717) is 24.9 Å². The van der Waals surface area contributed by atoms with Gasteiger partial charge in [-0.2, -0.15) is 0 Å². The Morgan fingerprint density at radius 3 is 2.93 bits per heavy atom. The Bertz CT molecular complexity index is 297. The molecule has 6 nitrogen and oxygen atoms in total. The summed E-state index contributed by atoms with van der Waals surface area (Å²) in [5.41, 5.74) is 0. The Morgan fingerprint density at radius 1 is 1.57 bits per heavy atom. The van der Waals surface area contributed by atoms with Crippen molar-refractivity contribution in [1.82, 2.24) is 15.6 Å². The number of carbonyl (C=O) groups is 1. The number of hydrogen-bond donors (Lipinski definition) is 3. The zero-order valence-corrected chi connectivity index (χ0v) is 8.26. The Hall–Kier alpha value is -1.56. The van der Waals surface area contributed by atoms with E-state index in [2.05, 4.69) is 20.9 Å². The van der Waals surface area contributed by atoms with Crippen molar-refractivity contribution in [3.8, 4) is 0 Å². The molecule has 0 atom stereocenters. The first kappa shape index (κ1) is 10.5. The molecule has 0 fully saturated rings. The molecule has 14 heavy (non-hydrogen) atoms. The number of hydrogen-bond acceptors (Lipinski definition) is 5. The van der Waals surface area contributed by atoms with Gasteiger partial charge in [-0.25, -0.2) is 4.98 Å². The molecule has 78 valence electrons. The largest absolute Gasteiger partial charge is 0.423 e. The van der Waals surface area contributed by atoms with E-state index in [4.69, 9.17) is 4.42 Å². The maximum atomic E-state index is 11.0. The smallest absolute Gasteiger partial charge is 0.234 e. The van der Waals surface area contributed by atoms with Gasteiger partial charge >= 0.3 is 0 Å². The van der Waals surface area contributed by atoms with Gasteiger partial charge in [0.25, 0.3) is 0 Å². The van der Waals surface area contributed by atoms with Gasteiger partial charge in [0.2, 0.25) is 17.7 Å². The average molecular weight is 198 g/mol. The summed E-state index contributed by atoms with van der Waals surface area (Å²) in [6.07, 6.45) is 1.57. The summed E-state index contributed by atoms with van der Waals surface area (Å²) in [7, 11) is 3.45. The van der Waals surface area contributed by atoms with Crippen molar-refractivity contribution in [2.75, 3.05) is 26.0 Å². The van der Waals surface area contributed by atoms with Gasteiger partial charge in [0.05, 0.1) is 19.3 Å². The highest BCUT2D eigenvalue weighted by molar-refractivity contribution is 5.77. The molecule has 1 heterocycles. The van der Waals surface area contributed by atoms with Crippen molar-refractivity contribution in [3.05, 3.63) is 12.1 Å². The number of likely N-dealkylation sites (N-methyl/N-ethyl adjacent to an activating group) is 1. The number of nitrogens with zero attached hydrogens (tertiary/aromatic N) is 1. The molecule has 1 aromatic rings. The second-order valence-electron chi connectivity index (χ2n) is 2.68. The molecule has 0 saturated heterocycles. The summed E-state index contributed by atoms with van der Waals surface area (Å²) >= 11 is 0. The minimum Gasteiger partial charge on any atom is -0.423 e. The van der Waals surface area contributed by atoms with Crippen LogP contribution < -0.4 is 16.0 Å². The van der Waals surface area contributed by atoms with Gasteiger partial charge in [0, 0.05) is 7.05 Å². The van der Waals surface area contributed by atoms with Crippen LogP contribution in [0.3, 0.4) is 0 Å². The second-order valence-corrected chi connectivity index (χ2v) is 2.68. The van der Waals surface area contributed by atoms with Crippen LogP contribution >= 0.6 is 0 Å². The third-order valence-corrected chi connectivity index (χ3v) is 1.57. The van der Waals surface area contributed by atoms with Crippen molar-refractivity contribution in [1.29, 1.82) is 0 Å². The highest BCUT2D eigenvalue weighted by Crippen LogP contribution is 2.07. The molecule has 1 rings (SSSR count). The Morgan fingerprint density at radius 2 is 2.36 bits per heavy atom. The van der Waals surface area contributed by atoms with Crippen LogP contribution in [0.4, 0.5) is 5.88 Å². The molecule has 0 aliphatic rings. The Labute approximate surface area is 82.1 Å². The van der Waals surface area contributed by atoms with E-state index in [9.17, 15) is 4.79 Å². The monoisotopic (exact) mass is 198 g/mol. The van der Waals surface area contributed by atoms with Crippen LogP contribution in [-0.4, -0.2) is 31.5 Å². The van der Waals surface area contributed by atoms with Crippen molar-refractivity contribution in [2.45, 2.75) is 6.54 Å². The number of anilines is 1. The molecular formula is C8H14N4O2. The van der Waals surface area contributed by atoms with Crippen LogP contribution in [-0.2, 0) is 11.3 Å². The summed E-state index contributed by atoms with van der Waals surface area (Å²) in [5, 5.41) is 8.20. The van der Waals surface area contributed by atoms with Crippen molar-refractivity contribution >= 4 is 11.8 Å². The molecule has 0 aliphatic heterocycles. The fourth-order valence-electron chi connectivity index (χ4n) is 0.905. The highest BCUT2D eigenvalue weighted by Gasteiger charge is 2.04. The lowest BCUT2D eigenvalue weighted by molar-refractivity contribution is -0.120. The van der Waals surface area contributed by atoms with Gasteiger partial charge in [-0.3, -0.25) is 4.79 Å². The molecule has 0 spiro atoms. The summed E-state index contributed by atoms with van der Waals surface area (Å²) in [4.78, 5) is 15.0. The Kier molecular flexibility index (Phi) is 3.93. The van der Waals surface area contributed by atoms with E-state index in [-0.39, 0.29) is 5.91 Å². The standard InChI is InChI=1S/C8H14N4O2/c1-9-3-6(13)11-5-8-12-4-7(10-2)14-8/h4,9-10H,3,5H2,1-2H3,(H,11,13). The molecule has 0 bridgehead atoms. The minimum absolute atomic E-state index is 0.0864. The van der Waals surface area contributed by atoms with E-state index in [0.717, 1.165) is 0 Å². The van der Waals surface area contributed by atoms with Gasteiger partial charge in [0.1, 0.15) is 0 Å². The van der Waals surface area contributed by atoms with Gasteiger partial charge in [-0.05, 0) is 7.05 Å². The lowest BCUT2D eigenvalue weighted by atomic mass is 10.5. The number of oxazole rings is 1. The first-order valence-electron chi connectivity index (χ1n) is 4.30. The predicted molar refractivity (Wildman–Crippen MR) is 51.8 cm³/mol. The summed E-state index contributed by atoms with van der Waals surface area (Å²) in [6, 6.07) is 0. The summed E-state index contributed by atoms with van der Waals surface area (Å²) in [6.45, 7) is 0.599. The van der Waals surface area contributed by atoms with Crippen molar-refractivity contribution in [2.24, 2.45) is 0 Å². The molecule has 1 amide bonds. The van der Waals surface area contributed by atoms with Crippen molar-refractivity contribution < 1.29 is 9.21 Å². The molecule has 0 aliphatic carbocycles. The van der Waals surface area contributed by atoms with Crippen LogP contribution in [0.25, 0.3) is 0 Å². The van der Waals surface area contributed by atoms with Gasteiger partial charge in [-0.15, -0.1) is 0 Å². The van der Waals surface area contributed by atoms with E-state index in [1.807, 2.05) is 0 Å². The first-order chi connectivity index (χ1) is 6.76. The number of carbonyl (C=O) groups excluding carboxylic acids is 1. The van der Waals surface area contributed by atoms with Crippen LogP contribution in [0.2, 0.25) is 0 Å². The van der Waals surface area contributed by atoms with Crippen molar-refractivity contribution in [3.63, 3.8) is 0 Å². The van der Waals surface area contributed by atoms with Crippen LogP contribution in [0, 0.1) is 0 Å². The second kappa shape index (κ2) is 5.23. The third-order valence-electron chi connectivity index (χ3n) is 1.57. The predicted octanol–water partition coefficient (Wildman–Crippen LogP) is -0.448. The normalized spacial score (nSPS) is 9.86. The molecule has 3 N–H and O–H groups in total. The van der Waals surface area contributed by atoms with Gasteiger partial charge < -0.3 is 20.4 Å². The first-order valence-corrected chi connectivity index (χ1v) is 4.30. The fraction of sp³-hybridized carbons (Fsp3) is 0.500. The number of rotatable bonds is 5. The number of nitrogens with one attached hydrogen (secondary N) is 3. The zero-order valence-electron chi connectivity index (χ0n) is 8.26. The quantitative estimate of drug-likeness (QED) is 0.597. The van der Waals surface area contributed by atoms with Crippen LogP contribution in [0.5, 0.6) is 0 Å². The van der Waals surface area contributed by atoms with Gasteiger partial charge in [0.15, 0.2) is 0 Å². The fourth-order valence-corrected chi connectivity index (χ4v) is 0.905. The van der Waals surface area contributed by atoms with Gasteiger partial charge in [-0.1, -0.05) is 0 Å². The molecule has 0 aromatic carbocycles. The Balaban J connectivity index is 2.34. The molecule has 0 unspecified atom stereocenters. The number of amides is 1. The lowest BCUT2D eigenvalue weighted by Crippen LogP contribution is -2.31.